The lowest BCUT2D eigenvalue weighted by Crippen LogP contribution is -2.54. The molecule has 0 aromatic heterocycles. The number of hydrogen-bond donors (Lipinski definition) is 1. The first kappa shape index (κ1) is 15.0. The lowest BCUT2D eigenvalue weighted by molar-refractivity contribution is -0.0978. The summed E-state index contributed by atoms with van der Waals surface area (Å²) in [5.74, 6) is 2.03. The Morgan fingerprint density at radius 1 is 1.19 bits per heavy atom. The van der Waals surface area contributed by atoms with Gasteiger partial charge in [-0.15, -0.1) is 0 Å². The predicted octanol–water partition coefficient (Wildman–Crippen LogP) is 3.18. The molecule has 116 valence electrons. The average molecular weight is 307 g/mol. The van der Waals surface area contributed by atoms with Crippen molar-refractivity contribution in [2.45, 2.75) is 39.7 Å². The van der Waals surface area contributed by atoms with Gasteiger partial charge >= 0.3 is 0 Å². The van der Waals surface area contributed by atoms with Crippen LogP contribution in [0, 0.1) is 23.2 Å². The number of rotatable bonds is 5. The molecule has 4 rings (SSSR count). The van der Waals surface area contributed by atoms with Crippen molar-refractivity contribution in [1.29, 1.82) is 0 Å². The van der Waals surface area contributed by atoms with Crippen LogP contribution in [0.5, 0.6) is 0 Å². The standard InChI is InChI=1S/C17H25NO2S/c1-17(2)15-9-8-14(16(17)10-15)12-21(19,20)18-11-13-6-4-3-5-7-13/h3-7,14-16,18H,8-12H2,1-2H3/t14?,15-,16-/m0/s1. The highest BCUT2D eigenvalue weighted by Gasteiger charge is 2.54. The molecule has 3 nitrogen and oxygen atoms in total. The minimum atomic E-state index is -3.19. The number of sulfonamides is 1. The average Bonchev–Trinajstić information content (AvgIpc) is 2.46. The van der Waals surface area contributed by atoms with Crippen LogP contribution >= 0.6 is 0 Å². The minimum Gasteiger partial charge on any atom is -0.212 e. The third-order valence-electron chi connectivity index (χ3n) is 5.77. The van der Waals surface area contributed by atoms with Crippen molar-refractivity contribution < 1.29 is 8.42 Å². The van der Waals surface area contributed by atoms with Crippen molar-refractivity contribution in [3.63, 3.8) is 0 Å². The lowest BCUT2D eigenvalue weighted by atomic mass is 9.46. The van der Waals surface area contributed by atoms with Crippen molar-refractivity contribution in [2.24, 2.45) is 23.2 Å². The van der Waals surface area contributed by atoms with E-state index in [4.69, 9.17) is 0 Å². The first-order valence-electron chi connectivity index (χ1n) is 7.90. The maximum atomic E-state index is 12.3. The lowest BCUT2D eigenvalue weighted by Gasteiger charge is -2.60. The van der Waals surface area contributed by atoms with Crippen LogP contribution in [-0.2, 0) is 16.6 Å². The summed E-state index contributed by atoms with van der Waals surface area (Å²) in [5.41, 5.74) is 1.35. The summed E-state index contributed by atoms with van der Waals surface area (Å²) >= 11 is 0. The molecule has 3 saturated carbocycles. The van der Waals surface area contributed by atoms with E-state index in [1.54, 1.807) is 0 Å². The largest absolute Gasteiger partial charge is 0.212 e. The van der Waals surface area contributed by atoms with E-state index < -0.39 is 10.0 Å². The van der Waals surface area contributed by atoms with E-state index >= 15 is 0 Å². The number of hydrogen-bond acceptors (Lipinski definition) is 2. The maximum absolute atomic E-state index is 12.3. The van der Waals surface area contributed by atoms with Gasteiger partial charge in [0, 0.05) is 6.54 Å². The zero-order valence-corrected chi connectivity index (χ0v) is 13.7. The van der Waals surface area contributed by atoms with E-state index in [0.717, 1.165) is 17.9 Å². The Morgan fingerprint density at radius 2 is 1.90 bits per heavy atom. The van der Waals surface area contributed by atoms with Crippen LogP contribution in [0.4, 0.5) is 0 Å². The summed E-state index contributed by atoms with van der Waals surface area (Å²) in [6.07, 6.45) is 3.50. The van der Waals surface area contributed by atoms with Crippen molar-refractivity contribution in [3.8, 4) is 0 Å². The second-order valence-corrected chi connectivity index (χ2v) is 9.14. The quantitative estimate of drug-likeness (QED) is 0.908. The molecule has 0 saturated heterocycles. The summed E-state index contributed by atoms with van der Waals surface area (Å²) in [7, 11) is -3.19. The number of nitrogens with one attached hydrogen (secondary N) is 1. The Hall–Kier alpha value is -0.870. The summed E-state index contributed by atoms with van der Waals surface area (Å²) in [4.78, 5) is 0. The van der Waals surface area contributed by atoms with Crippen LogP contribution < -0.4 is 4.72 Å². The van der Waals surface area contributed by atoms with Gasteiger partial charge in [0.25, 0.3) is 0 Å². The molecule has 3 aliphatic carbocycles. The van der Waals surface area contributed by atoms with E-state index in [1.165, 1.54) is 12.8 Å². The van der Waals surface area contributed by atoms with Crippen molar-refractivity contribution in [1.82, 2.24) is 4.72 Å². The summed E-state index contributed by atoms with van der Waals surface area (Å²) < 4.78 is 27.4. The molecule has 0 radical (unpaired) electrons. The van der Waals surface area contributed by atoms with Crippen LogP contribution in [0.1, 0.15) is 38.7 Å². The molecular weight excluding hydrogens is 282 g/mol. The number of fused-ring (bicyclic) bond motifs is 2. The van der Waals surface area contributed by atoms with Gasteiger partial charge < -0.3 is 0 Å². The molecule has 1 N–H and O–H groups in total. The van der Waals surface area contributed by atoms with E-state index in [0.29, 0.717) is 29.5 Å². The number of benzene rings is 1. The highest BCUT2D eigenvalue weighted by Crippen LogP contribution is 2.61. The van der Waals surface area contributed by atoms with Crippen LogP contribution in [0.3, 0.4) is 0 Å². The van der Waals surface area contributed by atoms with E-state index in [-0.39, 0.29) is 0 Å². The Balaban J connectivity index is 1.59. The van der Waals surface area contributed by atoms with Gasteiger partial charge in [0.1, 0.15) is 0 Å². The molecule has 0 heterocycles. The summed E-state index contributed by atoms with van der Waals surface area (Å²) in [6.45, 7) is 5.01. The van der Waals surface area contributed by atoms with E-state index in [9.17, 15) is 8.42 Å². The van der Waals surface area contributed by atoms with Crippen LogP contribution in [0.2, 0.25) is 0 Å². The fourth-order valence-corrected chi connectivity index (χ4v) is 5.76. The summed E-state index contributed by atoms with van der Waals surface area (Å²) in [5, 5.41) is 0. The van der Waals surface area contributed by atoms with Crippen LogP contribution in [0.25, 0.3) is 0 Å². The van der Waals surface area contributed by atoms with Crippen molar-refractivity contribution in [3.05, 3.63) is 35.9 Å². The molecule has 21 heavy (non-hydrogen) atoms. The maximum Gasteiger partial charge on any atom is 0.212 e. The van der Waals surface area contributed by atoms with Crippen LogP contribution in [-0.4, -0.2) is 14.2 Å². The van der Waals surface area contributed by atoms with E-state index in [2.05, 4.69) is 18.6 Å². The Kier molecular flexibility index (Phi) is 3.87. The molecule has 3 aliphatic rings. The molecular formula is C17H25NO2S. The monoisotopic (exact) mass is 307 g/mol. The molecule has 1 aromatic carbocycles. The topological polar surface area (TPSA) is 46.2 Å². The molecule has 4 heteroatoms. The second-order valence-electron chi connectivity index (χ2n) is 7.29. The minimum absolute atomic E-state index is 0.292. The zero-order chi connectivity index (χ0) is 15.1. The van der Waals surface area contributed by atoms with Gasteiger partial charge in [-0.1, -0.05) is 44.2 Å². The Morgan fingerprint density at radius 3 is 2.52 bits per heavy atom. The van der Waals surface area contributed by atoms with Gasteiger partial charge in [-0.25, -0.2) is 13.1 Å². The molecule has 1 unspecified atom stereocenters. The molecule has 0 amide bonds. The van der Waals surface area contributed by atoms with Gasteiger partial charge in [-0.3, -0.25) is 0 Å². The fourth-order valence-electron chi connectivity index (χ4n) is 4.29. The van der Waals surface area contributed by atoms with Gasteiger partial charge in [0.15, 0.2) is 0 Å². The normalized spacial score (nSPS) is 30.7. The first-order valence-corrected chi connectivity index (χ1v) is 9.55. The molecule has 0 spiro atoms. The SMILES string of the molecule is CC1(C)[C@H]2CCC(CS(=O)(=O)NCc3ccccc3)[C@@H]1C2. The first-order chi connectivity index (χ1) is 9.88. The van der Waals surface area contributed by atoms with Gasteiger partial charge in [0.2, 0.25) is 10.0 Å². The third kappa shape index (κ3) is 3.02. The third-order valence-corrected chi connectivity index (χ3v) is 7.22. The summed E-state index contributed by atoms with van der Waals surface area (Å²) in [6, 6.07) is 9.70. The highest BCUT2D eigenvalue weighted by atomic mass is 32.2. The molecule has 1 aromatic rings. The Labute approximate surface area is 128 Å². The van der Waals surface area contributed by atoms with Crippen molar-refractivity contribution in [2.75, 3.05) is 5.75 Å². The van der Waals surface area contributed by atoms with E-state index in [1.807, 2.05) is 30.3 Å². The van der Waals surface area contributed by atoms with Crippen molar-refractivity contribution >= 4 is 10.0 Å². The smallest absolute Gasteiger partial charge is 0.212 e. The van der Waals surface area contributed by atoms with Gasteiger partial charge in [0.05, 0.1) is 5.75 Å². The molecule has 2 bridgehead atoms. The Bertz CT molecular complexity index is 592. The second kappa shape index (κ2) is 5.40. The van der Waals surface area contributed by atoms with Gasteiger partial charge in [-0.2, -0.15) is 0 Å². The zero-order valence-electron chi connectivity index (χ0n) is 12.9. The molecule has 3 atom stereocenters. The highest BCUT2D eigenvalue weighted by molar-refractivity contribution is 7.89. The molecule has 0 aliphatic heterocycles. The molecule has 3 fully saturated rings. The van der Waals surface area contributed by atoms with Crippen LogP contribution in [0.15, 0.2) is 30.3 Å². The van der Waals surface area contributed by atoms with Gasteiger partial charge in [-0.05, 0) is 48.0 Å². The predicted molar refractivity (Wildman–Crippen MR) is 85.2 cm³/mol. The fraction of sp³-hybridized carbons (Fsp3) is 0.647.